The Hall–Kier alpha value is -3.40. The molecule has 1 N–H and O–H groups in total. The van der Waals surface area contributed by atoms with Gasteiger partial charge >= 0.3 is 5.97 Å². The Morgan fingerprint density at radius 3 is 2.44 bits per heavy atom. The number of halogens is 2. The van der Waals surface area contributed by atoms with E-state index in [9.17, 15) is 9.90 Å². The lowest BCUT2D eigenvalue weighted by molar-refractivity contribution is 0.0144. The summed E-state index contributed by atoms with van der Waals surface area (Å²) in [6.07, 6.45) is 5.98. The number of carbonyl (C=O) groups is 1. The number of aromatic nitrogens is 3. The third-order valence-electron chi connectivity index (χ3n) is 8.47. The van der Waals surface area contributed by atoms with Crippen LogP contribution in [0.2, 0.25) is 10.0 Å². The lowest BCUT2D eigenvalue weighted by Gasteiger charge is -2.37. The summed E-state index contributed by atoms with van der Waals surface area (Å²) in [4.78, 5) is 18.3. The Morgan fingerprint density at radius 2 is 1.78 bits per heavy atom. The van der Waals surface area contributed by atoms with Crippen LogP contribution in [0.15, 0.2) is 45.4 Å². The van der Waals surface area contributed by atoms with Gasteiger partial charge in [-0.2, -0.15) is 4.98 Å². The summed E-state index contributed by atoms with van der Waals surface area (Å²) < 4.78 is 18.0. The number of aromatic carboxylic acids is 1. The van der Waals surface area contributed by atoms with Crippen molar-refractivity contribution in [1.82, 2.24) is 15.3 Å². The number of piperidine rings is 1. The second kappa shape index (κ2) is 10.5. The zero-order chi connectivity index (χ0) is 28.2. The number of hydrogen-bond acceptors (Lipinski definition) is 8. The molecule has 2 saturated heterocycles. The van der Waals surface area contributed by atoms with Gasteiger partial charge in [0.25, 0.3) is 11.8 Å². The van der Waals surface area contributed by atoms with E-state index in [0.717, 1.165) is 61.0 Å². The lowest BCUT2D eigenvalue weighted by atomic mass is 9.99. The molecule has 1 aliphatic carbocycles. The minimum absolute atomic E-state index is 0.0671. The lowest BCUT2D eigenvalue weighted by Crippen LogP contribution is -2.46. The van der Waals surface area contributed by atoms with Crippen molar-refractivity contribution in [1.29, 1.82) is 0 Å². The number of anilines is 1. The summed E-state index contributed by atoms with van der Waals surface area (Å²) in [5, 5.41) is 19.0. The van der Waals surface area contributed by atoms with E-state index in [-0.39, 0.29) is 23.8 Å². The number of ether oxygens (including phenoxy) is 1. The van der Waals surface area contributed by atoms with Crippen molar-refractivity contribution >= 4 is 35.1 Å². The van der Waals surface area contributed by atoms with Crippen molar-refractivity contribution in [2.45, 2.75) is 76.2 Å². The van der Waals surface area contributed by atoms with E-state index in [0.29, 0.717) is 45.7 Å². The summed E-state index contributed by atoms with van der Waals surface area (Å²) in [5.41, 5.74) is 4.00. The van der Waals surface area contributed by atoms with E-state index >= 15 is 0 Å². The first-order chi connectivity index (χ1) is 19.9. The van der Waals surface area contributed by atoms with E-state index in [1.165, 1.54) is 0 Å². The van der Waals surface area contributed by atoms with E-state index in [1.54, 1.807) is 18.2 Å². The topological polar surface area (TPSA) is 115 Å². The highest BCUT2D eigenvalue weighted by Crippen LogP contribution is 2.47. The average Bonchev–Trinajstić information content (AvgIpc) is 3.42. The van der Waals surface area contributed by atoms with Crippen molar-refractivity contribution in [3.63, 3.8) is 0 Å². The van der Waals surface area contributed by atoms with Crippen molar-refractivity contribution < 1.29 is 23.7 Å². The molecule has 1 saturated carbocycles. The van der Waals surface area contributed by atoms with Gasteiger partial charge in [-0.1, -0.05) is 34.4 Å². The maximum atomic E-state index is 11.3. The van der Waals surface area contributed by atoms with E-state index in [4.69, 9.17) is 42.0 Å². The number of rotatable bonds is 8. The van der Waals surface area contributed by atoms with Gasteiger partial charge in [0.15, 0.2) is 0 Å². The number of benzene rings is 2. The van der Waals surface area contributed by atoms with E-state index in [2.05, 4.69) is 15.2 Å². The summed E-state index contributed by atoms with van der Waals surface area (Å²) in [6.45, 7) is 2.22. The Balaban J connectivity index is 1.07. The van der Waals surface area contributed by atoms with Crippen LogP contribution in [0.4, 0.5) is 5.95 Å². The average molecular weight is 595 g/mol. The highest BCUT2D eigenvalue weighted by molar-refractivity contribution is 6.39. The van der Waals surface area contributed by atoms with Gasteiger partial charge in [-0.3, -0.25) is 0 Å². The smallest absolute Gasteiger partial charge is 0.335 e. The molecule has 2 aliphatic heterocycles. The molecule has 2 bridgehead atoms. The van der Waals surface area contributed by atoms with Crippen LogP contribution in [0.3, 0.4) is 0 Å². The molecule has 3 fully saturated rings. The van der Waals surface area contributed by atoms with Crippen LogP contribution in [-0.2, 0) is 11.3 Å². The van der Waals surface area contributed by atoms with Crippen molar-refractivity contribution in [3.8, 4) is 22.7 Å². The summed E-state index contributed by atoms with van der Waals surface area (Å²) in [6, 6.07) is 10.8. The minimum atomic E-state index is -0.968. The van der Waals surface area contributed by atoms with Gasteiger partial charge in [0.05, 0.1) is 28.3 Å². The second-order valence-electron chi connectivity index (χ2n) is 11.2. The third-order valence-corrected chi connectivity index (χ3v) is 9.10. The maximum absolute atomic E-state index is 11.3. The van der Waals surface area contributed by atoms with Crippen LogP contribution >= 0.6 is 23.2 Å². The number of aryl methyl sites for hydroxylation is 1. The Bertz CT molecular complexity index is 1600. The van der Waals surface area contributed by atoms with Crippen molar-refractivity contribution in [2.24, 2.45) is 0 Å². The molecule has 2 aromatic heterocycles. The molecule has 0 radical (unpaired) electrons. The first-order valence-electron chi connectivity index (χ1n) is 13.9. The van der Waals surface area contributed by atoms with Crippen molar-refractivity contribution in [2.75, 3.05) is 4.90 Å². The molecule has 0 amide bonds. The van der Waals surface area contributed by atoms with Crippen LogP contribution in [0.5, 0.6) is 0 Å². The Labute approximate surface area is 246 Å². The molecule has 41 heavy (non-hydrogen) atoms. The van der Waals surface area contributed by atoms with Crippen LogP contribution in [-0.4, -0.2) is 44.6 Å². The normalized spacial score (nSPS) is 21.9. The third kappa shape index (κ3) is 4.90. The van der Waals surface area contributed by atoms with Crippen LogP contribution in [0.1, 0.15) is 71.7 Å². The molecule has 3 aliphatic rings. The highest BCUT2D eigenvalue weighted by Gasteiger charge is 2.44. The molecule has 7 rings (SSSR count). The molecule has 2 unspecified atom stereocenters. The fraction of sp³-hybridized carbons (Fsp3) is 0.400. The number of nitrogens with zero attached hydrogens (tertiary/aromatic N) is 4. The zero-order valence-electron chi connectivity index (χ0n) is 22.3. The molecule has 212 valence electrons. The number of hydrogen-bond donors (Lipinski definition) is 1. The predicted octanol–water partition coefficient (Wildman–Crippen LogP) is 7.30. The van der Waals surface area contributed by atoms with Crippen LogP contribution < -0.4 is 4.90 Å². The van der Waals surface area contributed by atoms with E-state index < -0.39 is 5.97 Å². The van der Waals surface area contributed by atoms with Gasteiger partial charge in [-0.05, 0) is 86.5 Å². The standard InChI is InChI=1S/C30H28Cl2N4O5/c1-15-11-17(29(37)38)7-10-21(15)28-33-30(35-41-28)36-18-8-9-19(36)13-20(12-18)39-14-22-26(34-40-27(22)16-5-6-16)25-23(31)3-2-4-24(25)32/h2-4,7,10-11,16,18-20H,5-6,8-9,12-14H2,1H3,(H,37,38). The maximum Gasteiger partial charge on any atom is 0.335 e. The number of carboxylic acids is 1. The molecule has 2 aromatic carbocycles. The van der Waals surface area contributed by atoms with Crippen LogP contribution in [0, 0.1) is 6.92 Å². The first kappa shape index (κ1) is 26.5. The molecule has 2 atom stereocenters. The van der Waals surface area contributed by atoms with Crippen LogP contribution in [0.25, 0.3) is 22.7 Å². The van der Waals surface area contributed by atoms with Gasteiger partial charge in [0.2, 0.25) is 0 Å². The molecule has 11 heteroatoms. The molecule has 0 spiro atoms. The Kier molecular flexibility index (Phi) is 6.76. The van der Waals surface area contributed by atoms with Crippen molar-refractivity contribution in [3.05, 3.63) is 68.9 Å². The highest BCUT2D eigenvalue weighted by atomic mass is 35.5. The number of carboxylic acid groups (broad SMARTS) is 1. The van der Waals surface area contributed by atoms with Gasteiger partial charge in [0, 0.05) is 34.7 Å². The number of fused-ring (bicyclic) bond motifs is 2. The van der Waals surface area contributed by atoms with Gasteiger partial charge in [0.1, 0.15) is 11.5 Å². The monoisotopic (exact) mass is 594 g/mol. The molecular weight excluding hydrogens is 567 g/mol. The second-order valence-corrected chi connectivity index (χ2v) is 12.0. The van der Waals surface area contributed by atoms with Gasteiger partial charge in [-0.25, -0.2) is 4.79 Å². The summed E-state index contributed by atoms with van der Waals surface area (Å²) >= 11 is 13.0. The zero-order valence-corrected chi connectivity index (χ0v) is 23.9. The molecule has 4 heterocycles. The summed E-state index contributed by atoms with van der Waals surface area (Å²) in [7, 11) is 0. The minimum Gasteiger partial charge on any atom is -0.478 e. The molecule has 4 aromatic rings. The van der Waals surface area contributed by atoms with E-state index in [1.807, 2.05) is 25.1 Å². The predicted molar refractivity (Wildman–Crippen MR) is 152 cm³/mol. The SMILES string of the molecule is Cc1cc(C(=O)O)ccc1-c1nc(N2C3CCC2CC(OCc2c(-c4c(Cl)cccc4Cl)noc2C2CC2)C3)no1. The summed E-state index contributed by atoms with van der Waals surface area (Å²) in [5.74, 6) is 1.23. The largest absolute Gasteiger partial charge is 0.478 e. The molecular formula is C30H28Cl2N4O5. The van der Waals surface area contributed by atoms with Gasteiger partial charge in [-0.15, -0.1) is 0 Å². The molecule has 9 nitrogen and oxygen atoms in total. The first-order valence-corrected chi connectivity index (χ1v) is 14.6. The Morgan fingerprint density at radius 1 is 1.05 bits per heavy atom. The fourth-order valence-corrected chi connectivity index (χ4v) is 6.88. The quantitative estimate of drug-likeness (QED) is 0.224. The van der Waals surface area contributed by atoms with Gasteiger partial charge < -0.3 is 23.8 Å². The fourth-order valence-electron chi connectivity index (χ4n) is 6.31.